The summed E-state index contributed by atoms with van der Waals surface area (Å²) in [5.41, 5.74) is 4.48. The first-order chi connectivity index (χ1) is 24.4. The molecule has 1 amide bonds. The molecule has 0 radical (unpaired) electrons. The lowest BCUT2D eigenvalue weighted by atomic mass is 9.90. The molecule has 3 nitrogen and oxygen atoms in total. The first-order valence-electron chi connectivity index (χ1n) is 20.4. The molecule has 296 valence electrons. The second-order valence-electron chi connectivity index (χ2n) is 16.0. The van der Waals surface area contributed by atoms with E-state index in [4.69, 9.17) is 0 Å². The SMILES string of the molecule is CC(C)C.CCC(Cc1ccc(C(C)(C)F)cc1)C(=C1CC1)N1CCN(C(=O)CCc2ccc(C(C)(F)F)cc2)C(C)C1.CCCC.CCCCC. The number of unbranched alkanes of at least 4 members (excludes halogenated alkanes) is 3. The number of carbonyl (C=O) groups excluding carboxylic acids is 1. The molecule has 1 saturated heterocycles. The lowest BCUT2D eigenvalue weighted by Crippen LogP contribution is -2.54. The minimum atomic E-state index is -2.86. The number of piperazine rings is 1. The van der Waals surface area contributed by atoms with Crippen LogP contribution in [0.5, 0.6) is 0 Å². The lowest BCUT2D eigenvalue weighted by Gasteiger charge is -2.44. The average molecular weight is 729 g/mol. The van der Waals surface area contributed by atoms with Crippen molar-refractivity contribution in [1.82, 2.24) is 9.80 Å². The van der Waals surface area contributed by atoms with Gasteiger partial charge in [-0.05, 0) is 75.5 Å². The number of alkyl halides is 3. The summed E-state index contributed by atoms with van der Waals surface area (Å²) in [4.78, 5) is 17.6. The highest BCUT2D eigenvalue weighted by Gasteiger charge is 2.34. The number of rotatable bonds is 13. The van der Waals surface area contributed by atoms with Gasteiger partial charge in [-0.1, -0.05) is 142 Å². The highest BCUT2D eigenvalue weighted by Crippen LogP contribution is 2.40. The van der Waals surface area contributed by atoms with Gasteiger partial charge < -0.3 is 9.80 Å². The van der Waals surface area contributed by atoms with Crippen molar-refractivity contribution in [2.45, 2.75) is 171 Å². The van der Waals surface area contributed by atoms with Crippen LogP contribution in [0.4, 0.5) is 13.2 Å². The van der Waals surface area contributed by atoms with Gasteiger partial charge in [0, 0.05) is 56.2 Å². The van der Waals surface area contributed by atoms with Crippen molar-refractivity contribution < 1.29 is 18.0 Å². The highest BCUT2D eigenvalue weighted by atomic mass is 19.3. The Morgan fingerprint density at radius 3 is 1.65 bits per heavy atom. The van der Waals surface area contributed by atoms with E-state index in [1.54, 1.807) is 26.0 Å². The molecular weight excluding hydrogens is 654 g/mol. The predicted molar refractivity (Wildman–Crippen MR) is 218 cm³/mol. The van der Waals surface area contributed by atoms with Gasteiger partial charge in [-0.2, -0.15) is 0 Å². The van der Waals surface area contributed by atoms with E-state index in [2.05, 4.69) is 79.3 Å². The van der Waals surface area contributed by atoms with Gasteiger partial charge in [0.25, 0.3) is 5.92 Å². The van der Waals surface area contributed by atoms with Gasteiger partial charge in [-0.25, -0.2) is 13.2 Å². The van der Waals surface area contributed by atoms with E-state index in [1.807, 2.05) is 17.0 Å². The molecule has 2 unspecified atom stereocenters. The molecule has 0 bridgehead atoms. The van der Waals surface area contributed by atoms with Crippen molar-refractivity contribution in [3.05, 3.63) is 82.1 Å². The minimum Gasteiger partial charge on any atom is -0.371 e. The second-order valence-corrected chi connectivity index (χ2v) is 16.0. The summed E-state index contributed by atoms with van der Waals surface area (Å²) < 4.78 is 41.3. The molecule has 52 heavy (non-hydrogen) atoms. The van der Waals surface area contributed by atoms with E-state index in [9.17, 15) is 18.0 Å². The Labute approximate surface area is 317 Å². The van der Waals surface area contributed by atoms with Crippen LogP contribution >= 0.6 is 0 Å². The number of carbonyl (C=O) groups is 1. The molecule has 0 N–H and O–H groups in total. The van der Waals surface area contributed by atoms with Crippen LogP contribution in [0.3, 0.4) is 0 Å². The summed E-state index contributed by atoms with van der Waals surface area (Å²) in [5.74, 6) is -1.50. The van der Waals surface area contributed by atoms with Crippen LogP contribution in [0, 0.1) is 11.8 Å². The monoisotopic (exact) mass is 729 g/mol. The van der Waals surface area contributed by atoms with Crippen LogP contribution in [0.2, 0.25) is 0 Å². The smallest absolute Gasteiger partial charge is 0.270 e. The quantitative estimate of drug-likeness (QED) is 0.205. The highest BCUT2D eigenvalue weighted by molar-refractivity contribution is 5.77. The summed E-state index contributed by atoms with van der Waals surface area (Å²) in [6, 6.07) is 14.4. The fraction of sp³-hybridized carbons (Fsp3) is 0.674. The summed E-state index contributed by atoms with van der Waals surface area (Å²) in [6.45, 7) is 26.0. The van der Waals surface area contributed by atoms with Crippen molar-refractivity contribution in [3.8, 4) is 0 Å². The topological polar surface area (TPSA) is 23.6 Å². The van der Waals surface area contributed by atoms with Crippen LogP contribution in [0.25, 0.3) is 0 Å². The maximum Gasteiger partial charge on any atom is 0.270 e. The third-order valence-electron chi connectivity index (χ3n) is 9.45. The molecule has 4 rings (SSSR count). The summed E-state index contributed by atoms with van der Waals surface area (Å²) in [7, 11) is 0. The maximum absolute atomic E-state index is 14.3. The normalized spacial score (nSPS) is 16.2. The Bertz CT molecular complexity index is 1280. The Morgan fingerprint density at radius 1 is 0.769 bits per heavy atom. The molecule has 2 atom stereocenters. The molecular formula is C46H75F3N2O. The third-order valence-corrected chi connectivity index (χ3v) is 9.45. The lowest BCUT2D eigenvalue weighted by molar-refractivity contribution is -0.135. The molecule has 1 saturated carbocycles. The number of benzene rings is 2. The Balaban J connectivity index is 0.000000895. The number of amides is 1. The van der Waals surface area contributed by atoms with E-state index in [0.717, 1.165) is 57.2 Å². The fourth-order valence-corrected chi connectivity index (χ4v) is 6.10. The van der Waals surface area contributed by atoms with Crippen molar-refractivity contribution in [2.24, 2.45) is 11.8 Å². The molecule has 0 spiro atoms. The molecule has 0 aromatic heterocycles. The van der Waals surface area contributed by atoms with E-state index in [0.29, 0.717) is 30.9 Å². The van der Waals surface area contributed by atoms with E-state index in [1.165, 1.54) is 61.1 Å². The summed E-state index contributed by atoms with van der Waals surface area (Å²) in [6.07, 6.45) is 11.9. The molecule has 1 aliphatic carbocycles. The summed E-state index contributed by atoms with van der Waals surface area (Å²) >= 11 is 0. The Hall–Kier alpha value is -2.76. The number of allylic oxidation sites excluding steroid dienone is 2. The second kappa shape index (κ2) is 23.8. The fourth-order valence-electron chi connectivity index (χ4n) is 6.10. The number of hydrogen-bond donors (Lipinski definition) is 0. The first-order valence-corrected chi connectivity index (χ1v) is 20.4. The predicted octanol–water partition coefficient (Wildman–Crippen LogP) is 13.5. The standard InChI is InChI=1S/C33H43F3N2O.C5H12.2C4H10/c1-6-26(21-25-9-14-28(15-10-25)32(3,4)34)31(27-12-13-27)37-19-20-38(23(2)22-37)30(39)18-11-24-7-16-29(17-8-24)33(5,35)36;1-3-5-4-2;1-4(2)3;1-3-4-2/h7-10,14-17,23,26H,6,11-13,18-22H2,1-5H3;3-5H2,1-2H3;4H,1-3H3;3-4H2,1-2H3. The van der Waals surface area contributed by atoms with Crippen molar-refractivity contribution in [3.63, 3.8) is 0 Å². The zero-order chi connectivity index (χ0) is 39.5. The molecule has 2 aromatic carbocycles. The van der Waals surface area contributed by atoms with Gasteiger partial charge >= 0.3 is 0 Å². The van der Waals surface area contributed by atoms with Crippen molar-refractivity contribution in [2.75, 3.05) is 19.6 Å². The van der Waals surface area contributed by atoms with E-state index >= 15 is 0 Å². The van der Waals surface area contributed by atoms with Crippen LogP contribution in [0.15, 0.2) is 59.8 Å². The molecule has 2 fully saturated rings. The van der Waals surface area contributed by atoms with Crippen LogP contribution < -0.4 is 0 Å². The summed E-state index contributed by atoms with van der Waals surface area (Å²) in [5, 5.41) is 0. The van der Waals surface area contributed by atoms with Crippen LogP contribution in [-0.2, 0) is 29.2 Å². The van der Waals surface area contributed by atoms with Crippen LogP contribution in [-0.4, -0.2) is 41.4 Å². The molecule has 1 heterocycles. The Kier molecular flexibility index (Phi) is 21.6. The van der Waals surface area contributed by atoms with Gasteiger partial charge in [0.2, 0.25) is 5.91 Å². The Morgan fingerprint density at radius 2 is 1.27 bits per heavy atom. The van der Waals surface area contributed by atoms with Gasteiger partial charge in [0.15, 0.2) is 0 Å². The van der Waals surface area contributed by atoms with Crippen molar-refractivity contribution >= 4 is 5.91 Å². The number of halogens is 3. The molecule has 2 aliphatic rings. The number of nitrogens with zero attached hydrogens (tertiary/aromatic N) is 2. The van der Waals surface area contributed by atoms with Gasteiger partial charge in [-0.3, -0.25) is 4.79 Å². The van der Waals surface area contributed by atoms with Crippen LogP contribution in [0.1, 0.15) is 163 Å². The number of hydrogen-bond acceptors (Lipinski definition) is 2. The van der Waals surface area contributed by atoms with Gasteiger partial charge in [0.05, 0.1) is 0 Å². The van der Waals surface area contributed by atoms with Gasteiger partial charge in [-0.15, -0.1) is 0 Å². The first kappa shape index (κ1) is 47.3. The third kappa shape index (κ3) is 17.8. The number of aryl methyl sites for hydroxylation is 1. The molecule has 2 aromatic rings. The van der Waals surface area contributed by atoms with Gasteiger partial charge in [0.1, 0.15) is 5.67 Å². The molecule has 6 heteroatoms. The minimum absolute atomic E-state index is 0.00554. The maximum atomic E-state index is 14.3. The average Bonchev–Trinajstić information content (AvgIpc) is 3.92. The van der Waals surface area contributed by atoms with Crippen molar-refractivity contribution in [1.29, 1.82) is 0 Å². The van der Waals surface area contributed by atoms with E-state index in [-0.39, 0.29) is 17.5 Å². The zero-order valence-electron chi connectivity index (χ0n) is 35.2. The van der Waals surface area contributed by atoms with E-state index < -0.39 is 11.6 Å². The zero-order valence-corrected chi connectivity index (χ0v) is 35.2. The largest absolute Gasteiger partial charge is 0.371 e. The molecule has 1 aliphatic heterocycles.